The van der Waals surface area contributed by atoms with Crippen molar-refractivity contribution in [2.75, 3.05) is 6.61 Å². The molecule has 5 heteroatoms. The molecule has 0 spiro atoms. The fraction of sp³-hybridized carbons (Fsp3) is 0.333. The number of hydrogen-bond donors (Lipinski definition) is 0. The van der Waals surface area contributed by atoms with Gasteiger partial charge in [0.15, 0.2) is 9.02 Å². The summed E-state index contributed by atoms with van der Waals surface area (Å²) in [6.07, 6.45) is -0.0609. The van der Waals surface area contributed by atoms with E-state index in [4.69, 9.17) is 4.74 Å². The second-order valence-corrected chi connectivity index (χ2v) is 7.15. The molecule has 0 saturated carbocycles. The van der Waals surface area contributed by atoms with Crippen LogP contribution in [-0.2, 0) is 9.53 Å². The molecule has 0 heterocycles. The minimum Gasteiger partial charge on any atom is -0.466 e. The number of hydrogen-bond acceptors (Lipinski definition) is 3. The van der Waals surface area contributed by atoms with Gasteiger partial charge in [0.25, 0.3) is 0 Å². The monoisotopic (exact) mass is 362 g/mol. The molecular weight excluding hydrogens is 352 g/mol. The molecule has 3 nitrogen and oxygen atoms in total. The van der Waals surface area contributed by atoms with Crippen LogP contribution in [0.4, 0.5) is 0 Å². The Balaban J connectivity index is 2.77. The van der Waals surface area contributed by atoms with Crippen LogP contribution in [0.25, 0.3) is 0 Å². The first-order chi connectivity index (χ1) is 7.97. The molecule has 0 fully saturated rings. The molecule has 0 amide bonds. The van der Waals surface area contributed by atoms with Gasteiger partial charge in [0, 0.05) is 5.56 Å². The third-order valence-electron chi connectivity index (χ3n) is 2.04. The predicted molar refractivity (Wildman–Crippen MR) is 72.6 cm³/mol. The van der Waals surface area contributed by atoms with Gasteiger partial charge in [0.2, 0.25) is 0 Å². The summed E-state index contributed by atoms with van der Waals surface area (Å²) >= 11 is 6.44. The van der Waals surface area contributed by atoms with Crippen LogP contribution in [-0.4, -0.2) is 21.6 Å². The van der Waals surface area contributed by atoms with Crippen LogP contribution in [0, 0.1) is 0 Å². The van der Waals surface area contributed by atoms with Gasteiger partial charge in [-0.2, -0.15) is 0 Å². The zero-order valence-corrected chi connectivity index (χ0v) is 12.5. The Labute approximate surface area is 117 Å². The Morgan fingerprint density at radius 3 is 2.35 bits per heavy atom. The fourth-order valence-electron chi connectivity index (χ4n) is 1.27. The van der Waals surface area contributed by atoms with E-state index in [2.05, 4.69) is 31.9 Å². The van der Waals surface area contributed by atoms with Crippen molar-refractivity contribution in [2.24, 2.45) is 0 Å². The molecule has 92 valence electrons. The third kappa shape index (κ3) is 4.24. The average Bonchev–Trinajstić information content (AvgIpc) is 2.28. The molecule has 0 aliphatic carbocycles. The van der Waals surface area contributed by atoms with Gasteiger partial charge in [-0.25, -0.2) is 0 Å². The van der Waals surface area contributed by atoms with E-state index in [-0.39, 0.29) is 12.2 Å². The predicted octanol–water partition coefficient (Wildman–Crippen LogP) is 3.31. The number of benzene rings is 1. The number of halogens is 2. The zero-order chi connectivity index (χ0) is 12.9. The minimum atomic E-state index is -1.10. The lowest BCUT2D eigenvalue weighted by Gasteiger charge is -2.17. The second-order valence-electron chi connectivity index (χ2n) is 3.38. The lowest BCUT2D eigenvalue weighted by Crippen LogP contribution is -2.29. The van der Waals surface area contributed by atoms with Crippen molar-refractivity contribution in [1.29, 1.82) is 0 Å². The molecule has 1 aromatic rings. The van der Waals surface area contributed by atoms with Crippen molar-refractivity contribution in [2.45, 2.75) is 16.6 Å². The number of carbonyl (C=O) groups is 2. The van der Waals surface area contributed by atoms with Gasteiger partial charge < -0.3 is 4.74 Å². The quantitative estimate of drug-likeness (QED) is 0.458. The van der Waals surface area contributed by atoms with E-state index in [9.17, 15) is 9.59 Å². The first kappa shape index (κ1) is 14.4. The van der Waals surface area contributed by atoms with Crippen molar-refractivity contribution in [1.82, 2.24) is 0 Å². The van der Waals surface area contributed by atoms with Crippen LogP contribution < -0.4 is 0 Å². The van der Waals surface area contributed by atoms with Gasteiger partial charge in [-0.1, -0.05) is 62.2 Å². The summed E-state index contributed by atoms with van der Waals surface area (Å²) in [5, 5.41) is 0. The highest BCUT2D eigenvalue weighted by Gasteiger charge is 2.36. The van der Waals surface area contributed by atoms with Crippen LogP contribution in [0.2, 0.25) is 0 Å². The number of alkyl halides is 2. The number of ether oxygens (including phenoxy) is 1. The number of carbonyl (C=O) groups excluding carboxylic acids is 2. The van der Waals surface area contributed by atoms with Gasteiger partial charge in [-0.3, -0.25) is 9.59 Å². The molecule has 1 rings (SSSR count). The first-order valence-electron chi connectivity index (χ1n) is 5.10. The second kappa shape index (κ2) is 6.31. The highest BCUT2D eigenvalue weighted by atomic mass is 79.9. The average molecular weight is 364 g/mol. The summed E-state index contributed by atoms with van der Waals surface area (Å²) in [4.78, 5) is 23.5. The van der Waals surface area contributed by atoms with Gasteiger partial charge >= 0.3 is 5.97 Å². The maximum absolute atomic E-state index is 12.1. The Kier molecular flexibility index (Phi) is 5.33. The molecule has 0 aliphatic heterocycles. The molecule has 0 N–H and O–H groups in total. The standard InChI is InChI=1S/C12H12Br2O3/c1-2-17-10(15)8-12(13,14)11(16)9-6-4-3-5-7-9/h3-7H,2,8H2,1H3. The van der Waals surface area contributed by atoms with E-state index in [0.717, 1.165) is 0 Å². The lowest BCUT2D eigenvalue weighted by atomic mass is 10.1. The Morgan fingerprint density at radius 1 is 1.24 bits per heavy atom. The zero-order valence-electron chi connectivity index (χ0n) is 9.28. The molecule has 0 bridgehead atoms. The highest BCUT2D eigenvalue weighted by Crippen LogP contribution is 2.34. The summed E-state index contributed by atoms with van der Waals surface area (Å²) in [6.45, 7) is 2.02. The highest BCUT2D eigenvalue weighted by molar-refractivity contribution is 9.26. The normalized spacial score (nSPS) is 11.0. The fourth-order valence-corrected chi connectivity index (χ4v) is 2.19. The van der Waals surface area contributed by atoms with E-state index in [1.807, 2.05) is 6.07 Å². The molecule has 0 aromatic heterocycles. The summed E-state index contributed by atoms with van der Waals surface area (Å²) in [6, 6.07) is 8.77. The number of rotatable bonds is 5. The molecular formula is C12H12Br2O3. The van der Waals surface area contributed by atoms with Crippen molar-refractivity contribution in [3.05, 3.63) is 35.9 Å². The summed E-state index contributed by atoms with van der Waals surface area (Å²) in [5.74, 6) is -0.628. The third-order valence-corrected chi connectivity index (χ3v) is 3.32. The molecule has 0 radical (unpaired) electrons. The Hall–Kier alpha value is -0.680. The van der Waals surface area contributed by atoms with Crippen molar-refractivity contribution in [3.63, 3.8) is 0 Å². The van der Waals surface area contributed by atoms with Crippen molar-refractivity contribution >= 4 is 43.6 Å². The van der Waals surface area contributed by atoms with E-state index in [1.54, 1.807) is 31.2 Å². The van der Waals surface area contributed by atoms with Crippen molar-refractivity contribution < 1.29 is 14.3 Å². The lowest BCUT2D eigenvalue weighted by molar-refractivity contribution is -0.143. The Bertz CT molecular complexity index is 401. The van der Waals surface area contributed by atoms with Crippen molar-refractivity contribution in [3.8, 4) is 0 Å². The van der Waals surface area contributed by atoms with Crippen LogP contribution >= 0.6 is 31.9 Å². The van der Waals surface area contributed by atoms with Crippen LogP contribution in [0.5, 0.6) is 0 Å². The molecule has 1 aromatic carbocycles. The van der Waals surface area contributed by atoms with E-state index < -0.39 is 9.20 Å². The Morgan fingerprint density at radius 2 is 1.82 bits per heavy atom. The number of esters is 1. The molecule has 0 unspecified atom stereocenters. The van der Waals surface area contributed by atoms with E-state index in [1.165, 1.54) is 0 Å². The van der Waals surface area contributed by atoms with Gasteiger partial charge in [-0.05, 0) is 6.92 Å². The summed E-state index contributed by atoms with van der Waals surface area (Å²) < 4.78 is 3.71. The van der Waals surface area contributed by atoms with Crippen LogP contribution in [0.3, 0.4) is 0 Å². The molecule has 0 saturated heterocycles. The SMILES string of the molecule is CCOC(=O)CC(Br)(Br)C(=O)c1ccccc1. The van der Waals surface area contributed by atoms with Gasteiger partial charge in [0.1, 0.15) is 0 Å². The first-order valence-corrected chi connectivity index (χ1v) is 6.69. The smallest absolute Gasteiger partial charge is 0.308 e. The molecule has 0 atom stereocenters. The number of ketones is 1. The topological polar surface area (TPSA) is 43.4 Å². The summed E-state index contributed by atoms with van der Waals surface area (Å²) in [7, 11) is 0. The largest absolute Gasteiger partial charge is 0.466 e. The van der Waals surface area contributed by atoms with Crippen LogP contribution in [0.1, 0.15) is 23.7 Å². The van der Waals surface area contributed by atoms with Gasteiger partial charge in [-0.15, -0.1) is 0 Å². The number of Topliss-reactive ketones (excluding diaryl/α,β-unsaturated/α-hetero) is 1. The molecule has 17 heavy (non-hydrogen) atoms. The summed E-state index contributed by atoms with van der Waals surface area (Å²) in [5.41, 5.74) is 0.533. The van der Waals surface area contributed by atoms with Gasteiger partial charge in [0.05, 0.1) is 13.0 Å². The van der Waals surface area contributed by atoms with E-state index in [0.29, 0.717) is 12.2 Å². The minimum absolute atomic E-state index is 0.0609. The van der Waals surface area contributed by atoms with E-state index >= 15 is 0 Å². The maximum atomic E-state index is 12.1. The maximum Gasteiger partial charge on any atom is 0.308 e. The molecule has 0 aliphatic rings. The van der Waals surface area contributed by atoms with Crippen LogP contribution in [0.15, 0.2) is 30.3 Å².